The third-order valence-electron chi connectivity index (χ3n) is 2.36. The van der Waals surface area contributed by atoms with Crippen molar-refractivity contribution in [2.24, 2.45) is 0 Å². The van der Waals surface area contributed by atoms with Crippen LogP contribution in [0.5, 0.6) is 11.8 Å². The van der Waals surface area contributed by atoms with Crippen LogP contribution < -0.4 is 4.74 Å². The number of rotatable bonds is 2. The molecular formula is C13H5F3N4O. The highest BCUT2D eigenvalue weighted by atomic mass is 19.4. The van der Waals surface area contributed by atoms with Gasteiger partial charge in [0.05, 0.1) is 17.2 Å². The van der Waals surface area contributed by atoms with Gasteiger partial charge in [0.15, 0.2) is 0 Å². The third kappa shape index (κ3) is 3.25. The number of alkyl halides is 3. The summed E-state index contributed by atoms with van der Waals surface area (Å²) in [4.78, 5) is 7.26. The first-order valence-electron chi connectivity index (χ1n) is 5.46. The van der Waals surface area contributed by atoms with Gasteiger partial charge in [-0.2, -0.15) is 28.7 Å². The van der Waals surface area contributed by atoms with Crippen LogP contribution in [-0.4, -0.2) is 9.97 Å². The molecule has 1 aromatic heterocycles. The van der Waals surface area contributed by atoms with Crippen molar-refractivity contribution >= 4 is 0 Å². The average molecular weight is 290 g/mol. The van der Waals surface area contributed by atoms with Gasteiger partial charge in [-0.3, -0.25) is 0 Å². The lowest BCUT2D eigenvalue weighted by Gasteiger charge is -2.12. The van der Waals surface area contributed by atoms with Crippen LogP contribution in [0.25, 0.3) is 0 Å². The van der Waals surface area contributed by atoms with Gasteiger partial charge in [0.2, 0.25) is 0 Å². The highest BCUT2D eigenvalue weighted by Gasteiger charge is 2.35. The van der Waals surface area contributed by atoms with Crippen molar-refractivity contribution in [3.8, 4) is 23.9 Å². The Labute approximate surface area is 116 Å². The Hall–Kier alpha value is -3.13. The standard InChI is InChI=1S/C13H5F3N4O/c14-13(15,16)10-5-8(6-17)1-2-11(10)21-12-19-4-3-9(7-18)20-12/h1-5H. The molecule has 0 N–H and O–H groups in total. The molecule has 0 aliphatic carbocycles. The van der Waals surface area contributed by atoms with Crippen LogP contribution in [-0.2, 0) is 6.18 Å². The summed E-state index contributed by atoms with van der Waals surface area (Å²) in [5.41, 5.74) is -1.31. The van der Waals surface area contributed by atoms with E-state index in [0.717, 1.165) is 6.07 Å². The normalized spacial score (nSPS) is 10.5. The van der Waals surface area contributed by atoms with Crippen LogP contribution in [0.1, 0.15) is 16.8 Å². The van der Waals surface area contributed by atoms with E-state index in [1.165, 1.54) is 18.3 Å². The number of nitrogens with zero attached hydrogens (tertiary/aromatic N) is 4. The van der Waals surface area contributed by atoms with Crippen LogP contribution in [0.2, 0.25) is 0 Å². The Kier molecular flexibility index (Phi) is 3.72. The van der Waals surface area contributed by atoms with E-state index in [4.69, 9.17) is 15.3 Å². The van der Waals surface area contributed by atoms with Gasteiger partial charge in [-0.25, -0.2) is 4.98 Å². The molecule has 0 aliphatic rings. The monoisotopic (exact) mass is 290 g/mol. The summed E-state index contributed by atoms with van der Waals surface area (Å²) in [5.74, 6) is -0.545. The first kappa shape index (κ1) is 14.3. The summed E-state index contributed by atoms with van der Waals surface area (Å²) >= 11 is 0. The van der Waals surface area contributed by atoms with E-state index in [1.54, 1.807) is 12.1 Å². The smallest absolute Gasteiger partial charge is 0.420 e. The molecule has 0 aliphatic heterocycles. The number of ether oxygens (including phenoxy) is 1. The molecule has 8 heteroatoms. The minimum atomic E-state index is -4.70. The molecule has 21 heavy (non-hydrogen) atoms. The molecule has 0 unspecified atom stereocenters. The van der Waals surface area contributed by atoms with Gasteiger partial charge in [-0.15, -0.1) is 0 Å². The maximum Gasteiger partial charge on any atom is 0.420 e. The molecule has 1 aromatic carbocycles. The molecule has 1 heterocycles. The fourth-order valence-corrected chi connectivity index (χ4v) is 1.46. The molecule has 0 bridgehead atoms. The molecule has 0 saturated carbocycles. The molecule has 0 radical (unpaired) electrons. The number of hydrogen-bond donors (Lipinski definition) is 0. The van der Waals surface area contributed by atoms with E-state index in [-0.39, 0.29) is 17.3 Å². The zero-order valence-corrected chi connectivity index (χ0v) is 10.2. The first-order chi connectivity index (χ1) is 9.94. The highest BCUT2D eigenvalue weighted by Crippen LogP contribution is 2.38. The van der Waals surface area contributed by atoms with Crippen molar-refractivity contribution in [2.75, 3.05) is 0 Å². The first-order valence-corrected chi connectivity index (χ1v) is 5.46. The van der Waals surface area contributed by atoms with E-state index in [0.29, 0.717) is 6.07 Å². The third-order valence-corrected chi connectivity index (χ3v) is 2.36. The van der Waals surface area contributed by atoms with Gasteiger partial charge in [-0.1, -0.05) is 0 Å². The molecule has 0 fully saturated rings. The fraction of sp³-hybridized carbons (Fsp3) is 0.0769. The van der Waals surface area contributed by atoms with Crippen LogP contribution in [0.4, 0.5) is 13.2 Å². The van der Waals surface area contributed by atoms with Gasteiger partial charge in [0.1, 0.15) is 17.5 Å². The Morgan fingerprint density at radius 1 is 1.10 bits per heavy atom. The van der Waals surface area contributed by atoms with Gasteiger partial charge >= 0.3 is 12.2 Å². The quantitative estimate of drug-likeness (QED) is 0.848. The van der Waals surface area contributed by atoms with Crippen LogP contribution in [0, 0.1) is 22.7 Å². The van der Waals surface area contributed by atoms with Crippen molar-refractivity contribution in [3.63, 3.8) is 0 Å². The summed E-state index contributed by atoms with van der Waals surface area (Å²) in [6.07, 6.45) is -3.51. The topological polar surface area (TPSA) is 82.6 Å². The van der Waals surface area contributed by atoms with Gasteiger partial charge in [0.25, 0.3) is 0 Å². The summed E-state index contributed by atoms with van der Waals surface area (Å²) in [6, 6.07) is 7.09. The largest absolute Gasteiger partial charge is 0.424 e. The molecule has 0 spiro atoms. The number of aromatic nitrogens is 2. The van der Waals surface area contributed by atoms with E-state index >= 15 is 0 Å². The minimum absolute atomic E-state index is 0.0396. The maximum absolute atomic E-state index is 12.9. The summed E-state index contributed by atoms with van der Waals surface area (Å²) in [5, 5.41) is 17.3. The predicted octanol–water partition coefficient (Wildman–Crippen LogP) is 3.03. The summed E-state index contributed by atoms with van der Waals surface area (Å²) in [6.45, 7) is 0. The van der Waals surface area contributed by atoms with Crippen molar-refractivity contribution in [1.82, 2.24) is 9.97 Å². The zero-order valence-electron chi connectivity index (χ0n) is 10.2. The Morgan fingerprint density at radius 2 is 1.86 bits per heavy atom. The maximum atomic E-state index is 12.9. The number of halogens is 3. The van der Waals surface area contributed by atoms with Crippen LogP contribution in [0.15, 0.2) is 30.5 Å². The van der Waals surface area contributed by atoms with E-state index in [1.807, 2.05) is 0 Å². The molecule has 2 aromatic rings. The second kappa shape index (κ2) is 5.47. The lowest BCUT2D eigenvalue weighted by Crippen LogP contribution is -2.08. The summed E-state index contributed by atoms with van der Waals surface area (Å²) in [7, 11) is 0. The van der Waals surface area contributed by atoms with Gasteiger partial charge in [-0.05, 0) is 24.3 Å². The van der Waals surface area contributed by atoms with Crippen molar-refractivity contribution in [2.45, 2.75) is 6.18 Å². The van der Waals surface area contributed by atoms with Gasteiger partial charge in [0, 0.05) is 6.20 Å². The molecular weight excluding hydrogens is 285 g/mol. The van der Waals surface area contributed by atoms with Crippen LogP contribution in [0.3, 0.4) is 0 Å². The lowest BCUT2D eigenvalue weighted by molar-refractivity contribution is -0.138. The van der Waals surface area contributed by atoms with Crippen molar-refractivity contribution < 1.29 is 17.9 Å². The molecule has 104 valence electrons. The Bertz CT molecular complexity index is 759. The van der Waals surface area contributed by atoms with E-state index in [9.17, 15) is 13.2 Å². The SMILES string of the molecule is N#Cc1ccc(Oc2nccc(C#N)n2)c(C(F)(F)F)c1. The van der Waals surface area contributed by atoms with Gasteiger partial charge < -0.3 is 4.74 Å². The van der Waals surface area contributed by atoms with E-state index in [2.05, 4.69) is 9.97 Å². The number of hydrogen-bond acceptors (Lipinski definition) is 5. The zero-order chi connectivity index (χ0) is 15.5. The predicted molar refractivity (Wildman–Crippen MR) is 63.0 cm³/mol. The molecule has 0 saturated heterocycles. The lowest BCUT2D eigenvalue weighted by atomic mass is 10.1. The second-order valence-corrected chi connectivity index (χ2v) is 3.76. The second-order valence-electron chi connectivity index (χ2n) is 3.76. The fourth-order valence-electron chi connectivity index (χ4n) is 1.46. The molecule has 0 amide bonds. The minimum Gasteiger partial charge on any atom is -0.424 e. The van der Waals surface area contributed by atoms with Crippen molar-refractivity contribution in [3.05, 3.63) is 47.3 Å². The number of benzene rings is 1. The Morgan fingerprint density at radius 3 is 2.48 bits per heavy atom. The van der Waals surface area contributed by atoms with Crippen LogP contribution >= 0.6 is 0 Å². The molecule has 0 atom stereocenters. The molecule has 2 rings (SSSR count). The average Bonchev–Trinajstić information content (AvgIpc) is 2.46. The highest BCUT2D eigenvalue weighted by molar-refractivity contribution is 5.44. The summed E-state index contributed by atoms with van der Waals surface area (Å²) < 4.78 is 43.8. The Balaban J connectivity index is 2.45. The number of nitriles is 2. The van der Waals surface area contributed by atoms with Crippen molar-refractivity contribution in [1.29, 1.82) is 10.5 Å². The van der Waals surface area contributed by atoms with E-state index < -0.39 is 17.5 Å². The molecule has 5 nitrogen and oxygen atoms in total.